The van der Waals surface area contributed by atoms with Gasteiger partial charge in [-0.3, -0.25) is 9.78 Å². The standard InChI is InChI=1S/C18H21N3O/c19-14-18(16-6-2-1-3-7-16)8-11-21(12-9-18)17(22)15-5-4-10-20-13-15/h1-7,10,13H,8-9,11-12,14,19H2. The second-order valence-electron chi connectivity index (χ2n) is 5.88. The number of aromatic nitrogens is 1. The van der Waals surface area contributed by atoms with Crippen molar-refractivity contribution in [1.82, 2.24) is 9.88 Å². The monoisotopic (exact) mass is 295 g/mol. The van der Waals surface area contributed by atoms with Crippen LogP contribution in [0.5, 0.6) is 0 Å². The first-order chi connectivity index (χ1) is 10.7. The zero-order valence-corrected chi connectivity index (χ0v) is 12.6. The first-order valence-electron chi connectivity index (χ1n) is 7.70. The summed E-state index contributed by atoms with van der Waals surface area (Å²) in [5.41, 5.74) is 8.02. The highest BCUT2D eigenvalue weighted by atomic mass is 16.2. The van der Waals surface area contributed by atoms with Gasteiger partial charge in [-0.1, -0.05) is 30.3 Å². The van der Waals surface area contributed by atoms with Crippen molar-refractivity contribution in [2.75, 3.05) is 19.6 Å². The molecule has 0 radical (unpaired) electrons. The molecule has 2 aromatic rings. The maximum absolute atomic E-state index is 12.5. The van der Waals surface area contributed by atoms with Gasteiger partial charge in [0.1, 0.15) is 0 Å². The largest absolute Gasteiger partial charge is 0.339 e. The number of amides is 1. The zero-order chi connectivity index (χ0) is 15.4. The van der Waals surface area contributed by atoms with Gasteiger partial charge < -0.3 is 10.6 Å². The summed E-state index contributed by atoms with van der Waals surface area (Å²) < 4.78 is 0. The summed E-state index contributed by atoms with van der Waals surface area (Å²) in [5.74, 6) is 0.0618. The molecule has 0 unspecified atom stereocenters. The fourth-order valence-corrected chi connectivity index (χ4v) is 3.21. The van der Waals surface area contributed by atoms with E-state index >= 15 is 0 Å². The van der Waals surface area contributed by atoms with Crippen LogP contribution in [0, 0.1) is 0 Å². The van der Waals surface area contributed by atoms with Crippen LogP contribution in [0.4, 0.5) is 0 Å². The molecule has 0 aliphatic carbocycles. The molecule has 1 fully saturated rings. The Bertz CT molecular complexity index is 619. The molecule has 0 atom stereocenters. The first-order valence-corrected chi connectivity index (χ1v) is 7.70. The third-order valence-corrected chi connectivity index (χ3v) is 4.69. The summed E-state index contributed by atoms with van der Waals surface area (Å²) in [6, 6.07) is 14.0. The molecular weight excluding hydrogens is 274 g/mol. The number of carbonyl (C=O) groups excluding carboxylic acids is 1. The Kier molecular flexibility index (Phi) is 4.20. The van der Waals surface area contributed by atoms with E-state index in [0.29, 0.717) is 12.1 Å². The van der Waals surface area contributed by atoms with Crippen LogP contribution in [-0.4, -0.2) is 35.4 Å². The predicted molar refractivity (Wildman–Crippen MR) is 86.5 cm³/mol. The Morgan fingerprint density at radius 2 is 1.86 bits per heavy atom. The Morgan fingerprint density at radius 3 is 2.45 bits per heavy atom. The summed E-state index contributed by atoms with van der Waals surface area (Å²) in [6.07, 6.45) is 5.12. The molecule has 1 amide bonds. The van der Waals surface area contributed by atoms with E-state index in [2.05, 4.69) is 29.2 Å². The van der Waals surface area contributed by atoms with Gasteiger partial charge in [-0.25, -0.2) is 0 Å². The number of likely N-dealkylation sites (tertiary alicyclic amines) is 1. The van der Waals surface area contributed by atoms with Gasteiger partial charge in [0.2, 0.25) is 0 Å². The Balaban J connectivity index is 1.73. The van der Waals surface area contributed by atoms with Crippen LogP contribution in [0.2, 0.25) is 0 Å². The van der Waals surface area contributed by atoms with Gasteiger partial charge in [0, 0.05) is 37.4 Å². The number of nitrogens with two attached hydrogens (primary N) is 1. The van der Waals surface area contributed by atoms with E-state index in [0.717, 1.165) is 25.9 Å². The van der Waals surface area contributed by atoms with Crippen molar-refractivity contribution in [2.24, 2.45) is 5.73 Å². The lowest BCUT2D eigenvalue weighted by atomic mass is 9.73. The molecular formula is C18H21N3O. The lowest BCUT2D eigenvalue weighted by molar-refractivity contribution is 0.0669. The van der Waals surface area contributed by atoms with Crippen LogP contribution in [0.25, 0.3) is 0 Å². The smallest absolute Gasteiger partial charge is 0.255 e. The molecule has 4 heteroatoms. The Morgan fingerprint density at radius 1 is 1.14 bits per heavy atom. The number of hydrogen-bond donors (Lipinski definition) is 1. The molecule has 22 heavy (non-hydrogen) atoms. The van der Waals surface area contributed by atoms with E-state index in [1.54, 1.807) is 18.5 Å². The highest BCUT2D eigenvalue weighted by molar-refractivity contribution is 5.93. The van der Waals surface area contributed by atoms with Crippen LogP contribution in [0.15, 0.2) is 54.9 Å². The minimum absolute atomic E-state index is 0.00697. The molecule has 1 aromatic heterocycles. The minimum atomic E-state index is -0.00697. The van der Waals surface area contributed by atoms with Crippen molar-refractivity contribution in [3.05, 3.63) is 66.0 Å². The van der Waals surface area contributed by atoms with Gasteiger partial charge in [0.25, 0.3) is 5.91 Å². The highest BCUT2D eigenvalue weighted by Gasteiger charge is 2.36. The van der Waals surface area contributed by atoms with Crippen LogP contribution in [0.3, 0.4) is 0 Å². The van der Waals surface area contributed by atoms with Crippen LogP contribution >= 0.6 is 0 Å². The average Bonchev–Trinajstić information content (AvgIpc) is 2.63. The second-order valence-corrected chi connectivity index (χ2v) is 5.88. The van der Waals surface area contributed by atoms with E-state index in [1.165, 1.54) is 5.56 Å². The molecule has 0 saturated carbocycles. The van der Waals surface area contributed by atoms with E-state index in [1.807, 2.05) is 17.0 Å². The van der Waals surface area contributed by atoms with Gasteiger partial charge in [0.15, 0.2) is 0 Å². The lowest BCUT2D eigenvalue weighted by Gasteiger charge is -2.41. The normalized spacial score (nSPS) is 17.2. The number of carbonyl (C=O) groups is 1. The van der Waals surface area contributed by atoms with E-state index in [9.17, 15) is 4.79 Å². The second kappa shape index (κ2) is 6.28. The highest BCUT2D eigenvalue weighted by Crippen LogP contribution is 2.34. The van der Waals surface area contributed by atoms with Gasteiger partial charge >= 0.3 is 0 Å². The third kappa shape index (κ3) is 2.74. The van der Waals surface area contributed by atoms with Crippen LogP contribution in [0.1, 0.15) is 28.8 Å². The average molecular weight is 295 g/mol. The number of rotatable bonds is 3. The van der Waals surface area contributed by atoms with Crippen molar-refractivity contribution in [3.8, 4) is 0 Å². The van der Waals surface area contributed by atoms with Crippen LogP contribution < -0.4 is 5.73 Å². The quantitative estimate of drug-likeness (QED) is 0.944. The number of hydrogen-bond acceptors (Lipinski definition) is 3. The van der Waals surface area contributed by atoms with Crippen molar-refractivity contribution in [1.29, 1.82) is 0 Å². The van der Waals surface area contributed by atoms with E-state index < -0.39 is 0 Å². The molecule has 0 bridgehead atoms. The number of pyridine rings is 1. The van der Waals surface area contributed by atoms with Crippen molar-refractivity contribution >= 4 is 5.91 Å². The van der Waals surface area contributed by atoms with Crippen molar-refractivity contribution in [3.63, 3.8) is 0 Å². The van der Waals surface area contributed by atoms with E-state index in [4.69, 9.17) is 5.73 Å². The van der Waals surface area contributed by atoms with Crippen molar-refractivity contribution in [2.45, 2.75) is 18.3 Å². The number of benzene rings is 1. The molecule has 0 spiro atoms. The molecule has 114 valence electrons. The van der Waals surface area contributed by atoms with Gasteiger partial charge in [0.05, 0.1) is 5.56 Å². The Labute approximate surface area is 131 Å². The summed E-state index contributed by atoms with van der Waals surface area (Å²) in [6.45, 7) is 2.09. The topological polar surface area (TPSA) is 59.2 Å². The molecule has 4 nitrogen and oxygen atoms in total. The zero-order valence-electron chi connectivity index (χ0n) is 12.6. The molecule has 2 heterocycles. The lowest BCUT2D eigenvalue weighted by Crippen LogP contribution is -2.48. The number of nitrogens with zero attached hydrogens (tertiary/aromatic N) is 2. The minimum Gasteiger partial charge on any atom is -0.339 e. The predicted octanol–water partition coefficient (Wildman–Crippen LogP) is 2.21. The molecule has 1 aromatic carbocycles. The maximum atomic E-state index is 12.5. The fourth-order valence-electron chi connectivity index (χ4n) is 3.21. The molecule has 1 aliphatic rings. The summed E-state index contributed by atoms with van der Waals surface area (Å²) in [7, 11) is 0. The Hall–Kier alpha value is -2.20. The van der Waals surface area contributed by atoms with Crippen molar-refractivity contribution < 1.29 is 4.79 Å². The summed E-state index contributed by atoms with van der Waals surface area (Å²) in [4.78, 5) is 18.4. The van der Waals surface area contributed by atoms with Gasteiger partial charge in [-0.2, -0.15) is 0 Å². The molecule has 3 rings (SSSR count). The van der Waals surface area contributed by atoms with Crippen LogP contribution in [-0.2, 0) is 5.41 Å². The summed E-state index contributed by atoms with van der Waals surface area (Å²) >= 11 is 0. The van der Waals surface area contributed by atoms with Gasteiger partial charge in [-0.15, -0.1) is 0 Å². The molecule has 1 saturated heterocycles. The van der Waals surface area contributed by atoms with E-state index in [-0.39, 0.29) is 11.3 Å². The first kappa shape index (κ1) is 14.7. The SMILES string of the molecule is NCC1(c2ccccc2)CCN(C(=O)c2cccnc2)CC1. The molecule has 1 aliphatic heterocycles. The number of piperidine rings is 1. The maximum Gasteiger partial charge on any atom is 0.255 e. The fraction of sp³-hybridized carbons (Fsp3) is 0.333. The third-order valence-electron chi connectivity index (χ3n) is 4.69. The van der Waals surface area contributed by atoms with Gasteiger partial charge in [-0.05, 0) is 30.5 Å². The molecule has 2 N–H and O–H groups in total. The summed E-state index contributed by atoms with van der Waals surface area (Å²) in [5, 5.41) is 0.